The van der Waals surface area contributed by atoms with Crippen molar-refractivity contribution in [1.29, 1.82) is 0 Å². The predicted octanol–water partition coefficient (Wildman–Crippen LogP) is 2.08. The molecule has 0 unspecified atom stereocenters. The lowest BCUT2D eigenvalue weighted by atomic mass is 10.2. The molecule has 0 atom stereocenters. The molecule has 1 heterocycles. The number of hydrogen-bond acceptors (Lipinski definition) is 3. The molecule has 1 aromatic carbocycles. The molecule has 0 aliphatic carbocycles. The van der Waals surface area contributed by atoms with E-state index in [2.05, 4.69) is 41.4 Å². The van der Waals surface area contributed by atoms with E-state index in [0.29, 0.717) is 0 Å². The second-order valence-electron chi connectivity index (χ2n) is 4.10. The van der Waals surface area contributed by atoms with Gasteiger partial charge in [-0.15, -0.1) is 0 Å². The molecule has 0 aliphatic rings. The zero-order valence-corrected chi connectivity index (χ0v) is 10.3. The first-order chi connectivity index (χ1) is 8.31. The predicted molar refractivity (Wildman–Crippen MR) is 68.1 cm³/mol. The third-order valence-corrected chi connectivity index (χ3v) is 2.57. The van der Waals surface area contributed by atoms with Crippen LogP contribution in [0.15, 0.2) is 30.6 Å². The second kappa shape index (κ2) is 5.59. The largest absolute Gasteiger partial charge is 0.310 e. The van der Waals surface area contributed by atoms with E-state index in [1.165, 1.54) is 5.56 Å². The van der Waals surface area contributed by atoms with Gasteiger partial charge in [0, 0.05) is 0 Å². The van der Waals surface area contributed by atoms with E-state index in [1.54, 1.807) is 6.33 Å². The fourth-order valence-corrected chi connectivity index (χ4v) is 1.74. The Kier molecular flexibility index (Phi) is 3.88. The molecule has 0 radical (unpaired) electrons. The van der Waals surface area contributed by atoms with Crippen molar-refractivity contribution in [2.24, 2.45) is 0 Å². The van der Waals surface area contributed by atoms with E-state index in [4.69, 9.17) is 0 Å². The summed E-state index contributed by atoms with van der Waals surface area (Å²) in [6, 6.07) is 8.27. The van der Waals surface area contributed by atoms with Crippen LogP contribution in [0, 0.1) is 6.92 Å². The monoisotopic (exact) mass is 230 g/mol. The van der Waals surface area contributed by atoms with Crippen LogP contribution in [0.2, 0.25) is 0 Å². The van der Waals surface area contributed by atoms with Gasteiger partial charge in [-0.25, -0.2) is 9.67 Å². The van der Waals surface area contributed by atoms with E-state index in [0.717, 1.165) is 31.0 Å². The molecule has 4 heteroatoms. The minimum Gasteiger partial charge on any atom is -0.310 e. The second-order valence-corrected chi connectivity index (χ2v) is 4.10. The van der Waals surface area contributed by atoms with E-state index >= 15 is 0 Å². The topological polar surface area (TPSA) is 42.7 Å². The van der Waals surface area contributed by atoms with Crippen LogP contribution in [-0.4, -0.2) is 21.3 Å². The van der Waals surface area contributed by atoms with Crippen molar-refractivity contribution in [2.45, 2.75) is 26.8 Å². The van der Waals surface area contributed by atoms with Crippen LogP contribution in [0.5, 0.6) is 0 Å². The lowest BCUT2D eigenvalue weighted by Crippen LogP contribution is -2.17. The van der Waals surface area contributed by atoms with Gasteiger partial charge in [0.25, 0.3) is 0 Å². The smallest absolute Gasteiger partial charge is 0.146 e. The third kappa shape index (κ3) is 2.91. The van der Waals surface area contributed by atoms with Gasteiger partial charge in [-0.1, -0.05) is 19.1 Å². The van der Waals surface area contributed by atoms with Gasteiger partial charge in [0.15, 0.2) is 0 Å². The highest BCUT2D eigenvalue weighted by Gasteiger charge is 2.05. The fourth-order valence-electron chi connectivity index (χ4n) is 1.74. The highest BCUT2D eigenvalue weighted by atomic mass is 15.3. The van der Waals surface area contributed by atoms with Gasteiger partial charge in [0.05, 0.1) is 12.2 Å². The maximum Gasteiger partial charge on any atom is 0.146 e. The summed E-state index contributed by atoms with van der Waals surface area (Å²) in [6.07, 6.45) is 2.73. The molecule has 2 rings (SSSR count). The Balaban J connectivity index is 2.18. The molecule has 2 aromatic rings. The van der Waals surface area contributed by atoms with Crippen LogP contribution in [0.3, 0.4) is 0 Å². The highest BCUT2D eigenvalue weighted by molar-refractivity contribution is 5.35. The number of nitrogens with one attached hydrogen (secondary N) is 1. The van der Waals surface area contributed by atoms with Crippen LogP contribution >= 0.6 is 0 Å². The van der Waals surface area contributed by atoms with Gasteiger partial charge in [-0.3, -0.25) is 0 Å². The number of aryl methyl sites for hydroxylation is 1. The van der Waals surface area contributed by atoms with E-state index in [-0.39, 0.29) is 0 Å². The molecule has 0 aliphatic heterocycles. The number of benzene rings is 1. The first-order valence-electron chi connectivity index (χ1n) is 5.98. The molecular weight excluding hydrogens is 212 g/mol. The van der Waals surface area contributed by atoms with Gasteiger partial charge < -0.3 is 5.32 Å². The lowest BCUT2D eigenvalue weighted by Gasteiger charge is -2.07. The quantitative estimate of drug-likeness (QED) is 0.800. The van der Waals surface area contributed by atoms with Crippen LogP contribution in [0.4, 0.5) is 0 Å². The van der Waals surface area contributed by atoms with E-state index in [1.807, 2.05) is 16.8 Å². The third-order valence-electron chi connectivity index (χ3n) is 2.57. The highest BCUT2D eigenvalue weighted by Crippen LogP contribution is 2.10. The molecule has 0 fully saturated rings. The molecule has 1 N–H and O–H groups in total. The van der Waals surface area contributed by atoms with Crippen molar-refractivity contribution in [1.82, 2.24) is 20.1 Å². The average Bonchev–Trinajstić information content (AvgIpc) is 2.78. The normalized spacial score (nSPS) is 10.7. The molecule has 17 heavy (non-hydrogen) atoms. The summed E-state index contributed by atoms with van der Waals surface area (Å²) in [5.74, 6) is 0.948. The van der Waals surface area contributed by atoms with Gasteiger partial charge in [0.2, 0.25) is 0 Å². The Morgan fingerprint density at radius 1 is 1.35 bits per heavy atom. The van der Waals surface area contributed by atoms with Crippen molar-refractivity contribution >= 4 is 0 Å². The Hall–Kier alpha value is -1.68. The number of hydrogen-bond donors (Lipinski definition) is 1. The first kappa shape index (κ1) is 11.8. The molecule has 0 saturated carbocycles. The zero-order chi connectivity index (χ0) is 12.1. The van der Waals surface area contributed by atoms with Gasteiger partial charge >= 0.3 is 0 Å². The van der Waals surface area contributed by atoms with Gasteiger partial charge in [-0.2, -0.15) is 5.10 Å². The summed E-state index contributed by atoms with van der Waals surface area (Å²) in [5, 5.41) is 7.61. The van der Waals surface area contributed by atoms with Crippen molar-refractivity contribution in [3.63, 3.8) is 0 Å². The Morgan fingerprint density at radius 3 is 3.00 bits per heavy atom. The van der Waals surface area contributed by atoms with Crippen molar-refractivity contribution in [2.75, 3.05) is 6.54 Å². The van der Waals surface area contributed by atoms with Crippen LogP contribution in [0.25, 0.3) is 5.69 Å². The van der Waals surface area contributed by atoms with Crippen molar-refractivity contribution in [3.8, 4) is 5.69 Å². The van der Waals surface area contributed by atoms with E-state index in [9.17, 15) is 0 Å². The number of rotatable bonds is 5. The van der Waals surface area contributed by atoms with Crippen molar-refractivity contribution < 1.29 is 0 Å². The lowest BCUT2D eigenvalue weighted by molar-refractivity contribution is 0.633. The summed E-state index contributed by atoms with van der Waals surface area (Å²) >= 11 is 0. The Bertz CT molecular complexity index is 476. The van der Waals surface area contributed by atoms with Gasteiger partial charge in [0.1, 0.15) is 12.2 Å². The maximum absolute atomic E-state index is 4.28. The minimum atomic E-state index is 0.752. The van der Waals surface area contributed by atoms with E-state index < -0.39 is 0 Å². The zero-order valence-electron chi connectivity index (χ0n) is 10.3. The first-order valence-corrected chi connectivity index (χ1v) is 5.98. The average molecular weight is 230 g/mol. The SMILES string of the molecule is CCCNCc1ncnn1-c1cccc(C)c1. The summed E-state index contributed by atoms with van der Waals surface area (Å²) < 4.78 is 1.88. The van der Waals surface area contributed by atoms with Crippen LogP contribution in [-0.2, 0) is 6.54 Å². The van der Waals surface area contributed by atoms with Crippen LogP contribution < -0.4 is 5.32 Å². The number of aromatic nitrogens is 3. The molecule has 0 saturated heterocycles. The molecule has 4 nitrogen and oxygen atoms in total. The molecular formula is C13H18N4. The Morgan fingerprint density at radius 2 is 2.24 bits per heavy atom. The van der Waals surface area contributed by atoms with Gasteiger partial charge in [-0.05, 0) is 37.6 Å². The molecule has 0 bridgehead atoms. The molecule has 90 valence electrons. The standard InChI is InChI=1S/C13H18N4/c1-3-7-14-9-13-15-10-16-17(13)12-6-4-5-11(2)8-12/h4-6,8,10,14H,3,7,9H2,1-2H3. The minimum absolute atomic E-state index is 0.752. The maximum atomic E-state index is 4.28. The summed E-state index contributed by atoms with van der Waals surface area (Å²) in [4.78, 5) is 4.28. The summed E-state index contributed by atoms with van der Waals surface area (Å²) in [6.45, 7) is 5.98. The van der Waals surface area contributed by atoms with Crippen LogP contribution in [0.1, 0.15) is 24.7 Å². The Labute approximate surface area is 102 Å². The molecule has 0 spiro atoms. The molecule has 1 aromatic heterocycles. The summed E-state index contributed by atoms with van der Waals surface area (Å²) in [7, 11) is 0. The molecule has 0 amide bonds. The summed E-state index contributed by atoms with van der Waals surface area (Å²) in [5.41, 5.74) is 2.29. The van der Waals surface area contributed by atoms with Crippen molar-refractivity contribution in [3.05, 3.63) is 42.0 Å². The fraction of sp³-hybridized carbons (Fsp3) is 0.385. The number of nitrogens with zero attached hydrogens (tertiary/aromatic N) is 3.